The van der Waals surface area contributed by atoms with Crippen molar-refractivity contribution in [2.75, 3.05) is 0 Å². The van der Waals surface area contributed by atoms with Crippen LogP contribution in [0.2, 0.25) is 0 Å². The Hall–Kier alpha value is -2.41. The minimum atomic E-state index is -3.26. The highest BCUT2D eigenvalue weighted by Gasteiger charge is 2.28. The number of carbonyl (C=O) groups is 1. The number of amides is 2. The van der Waals surface area contributed by atoms with Gasteiger partial charge in [-0.05, 0) is 47.7 Å². The monoisotopic (exact) mass is 429 g/mol. The Kier molecular flexibility index (Phi) is 7.48. The van der Waals surface area contributed by atoms with Crippen LogP contribution in [0, 0.1) is 0 Å². The van der Waals surface area contributed by atoms with Crippen molar-refractivity contribution in [1.82, 2.24) is 15.2 Å². The summed E-state index contributed by atoms with van der Waals surface area (Å²) in [5, 5.41) is 2.66. The predicted octanol–water partition coefficient (Wildman–Crippen LogP) is 4.44. The van der Waals surface area contributed by atoms with E-state index in [4.69, 9.17) is 0 Å². The van der Waals surface area contributed by atoms with Crippen LogP contribution in [0.25, 0.3) is 0 Å². The Bertz CT molecular complexity index is 927. The van der Waals surface area contributed by atoms with Crippen LogP contribution in [0.1, 0.15) is 62.6 Å². The van der Waals surface area contributed by atoms with Crippen LogP contribution in [-0.4, -0.2) is 29.6 Å². The standard InChI is InChI=1S/C21H25N3O3S.C2H6/c25-21(24-14-17-10-11-22-13-18(17)15-24)23-12-16-6-8-20(9-7-16)28(26,27)19-4-2-1-3-5-19;1-2/h6-11,13,19H,1-5,12,14-15H2,(H,23,25);1-2H3. The maximum absolute atomic E-state index is 12.8. The minimum absolute atomic E-state index is 0.130. The van der Waals surface area contributed by atoms with Gasteiger partial charge in [-0.3, -0.25) is 4.98 Å². The van der Waals surface area contributed by atoms with Gasteiger partial charge in [-0.25, -0.2) is 13.2 Å². The number of aromatic nitrogens is 1. The molecule has 1 saturated carbocycles. The molecule has 30 heavy (non-hydrogen) atoms. The Balaban J connectivity index is 0.00000124. The number of sulfone groups is 1. The van der Waals surface area contributed by atoms with E-state index in [2.05, 4.69) is 10.3 Å². The molecule has 2 amide bonds. The van der Waals surface area contributed by atoms with E-state index in [1.807, 2.05) is 19.9 Å². The quantitative estimate of drug-likeness (QED) is 0.779. The predicted molar refractivity (Wildman–Crippen MR) is 118 cm³/mol. The summed E-state index contributed by atoms with van der Waals surface area (Å²) in [5.41, 5.74) is 3.09. The summed E-state index contributed by atoms with van der Waals surface area (Å²) in [6.45, 7) is 5.52. The lowest BCUT2D eigenvalue weighted by Gasteiger charge is -2.22. The number of benzene rings is 1. The van der Waals surface area contributed by atoms with Crippen molar-refractivity contribution < 1.29 is 13.2 Å². The van der Waals surface area contributed by atoms with E-state index < -0.39 is 9.84 Å². The zero-order valence-electron chi connectivity index (χ0n) is 17.8. The second-order valence-electron chi connectivity index (χ2n) is 7.61. The van der Waals surface area contributed by atoms with Gasteiger partial charge in [0.1, 0.15) is 0 Å². The largest absolute Gasteiger partial charge is 0.334 e. The van der Waals surface area contributed by atoms with E-state index in [9.17, 15) is 13.2 Å². The fourth-order valence-corrected chi connectivity index (χ4v) is 5.87. The van der Waals surface area contributed by atoms with Gasteiger partial charge in [0, 0.05) is 32.0 Å². The van der Waals surface area contributed by atoms with Crippen LogP contribution in [0.15, 0.2) is 47.6 Å². The van der Waals surface area contributed by atoms with Crippen LogP contribution >= 0.6 is 0 Å². The molecule has 1 aliphatic heterocycles. The third-order valence-electron chi connectivity index (χ3n) is 5.70. The van der Waals surface area contributed by atoms with Gasteiger partial charge >= 0.3 is 6.03 Å². The van der Waals surface area contributed by atoms with Gasteiger partial charge in [-0.15, -0.1) is 0 Å². The van der Waals surface area contributed by atoms with Gasteiger partial charge in [0.25, 0.3) is 0 Å². The molecule has 2 aromatic rings. The number of fused-ring (bicyclic) bond motifs is 1. The Morgan fingerprint density at radius 1 is 1.03 bits per heavy atom. The molecule has 0 unspecified atom stereocenters. The first-order valence-electron chi connectivity index (χ1n) is 10.8. The average molecular weight is 430 g/mol. The number of pyridine rings is 1. The van der Waals surface area contributed by atoms with Crippen molar-refractivity contribution in [1.29, 1.82) is 0 Å². The van der Waals surface area contributed by atoms with Crippen LogP contribution in [0.4, 0.5) is 4.79 Å². The molecule has 1 N–H and O–H groups in total. The lowest BCUT2D eigenvalue weighted by Crippen LogP contribution is -2.36. The van der Waals surface area contributed by atoms with Crippen molar-refractivity contribution in [3.8, 4) is 0 Å². The molecule has 0 radical (unpaired) electrons. The number of urea groups is 1. The third-order valence-corrected chi connectivity index (χ3v) is 7.98. The van der Waals surface area contributed by atoms with Gasteiger partial charge < -0.3 is 10.2 Å². The van der Waals surface area contributed by atoms with Gasteiger partial charge in [-0.1, -0.05) is 45.2 Å². The molecule has 1 aromatic carbocycles. The summed E-state index contributed by atoms with van der Waals surface area (Å²) >= 11 is 0. The molecule has 4 rings (SSSR count). The SMILES string of the molecule is CC.O=C(NCc1ccc(S(=O)(=O)C2CCCCC2)cc1)N1Cc2ccncc2C1. The van der Waals surface area contributed by atoms with E-state index in [1.165, 1.54) is 0 Å². The van der Waals surface area contributed by atoms with Gasteiger partial charge in [-0.2, -0.15) is 0 Å². The lowest BCUT2D eigenvalue weighted by molar-refractivity contribution is 0.198. The number of hydrogen-bond acceptors (Lipinski definition) is 4. The summed E-state index contributed by atoms with van der Waals surface area (Å²) < 4.78 is 25.5. The first-order chi connectivity index (χ1) is 14.5. The van der Waals surface area contributed by atoms with Crippen molar-refractivity contribution in [3.05, 3.63) is 59.4 Å². The summed E-state index contributed by atoms with van der Waals surface area (Å²) in [4.78, 5) is 18.6. The molecule has 0 atom stereocenters. The molecule has 1 fully saturated rings. The van der Waals surface area contributed by atoms with Crippen LogP contribution in [0.3, 0.4) is 0 Å². The topological polar surface area (TPSA) is 79.4 Å². The van der Waals surface area contributed by atoms with E-state index in [0.29, 0.717) is 24.5 Å². The smallest absolute Gasteiger partial charge is 0.318 e. The van der Waals surface area contributed by atoms with Crippen molar-refractivity contribution >= 4 is 15.9 Å². The summed E-state index contributed by atoms with van der Waals surface area (Å²) in [7, 11) is -3.26. The Labute approximate surface area is 179 Å². The number of nitrogens with zero attached hydrogens (tertiary/aromatic N) is 2. The highest BCUT2D eigenvalue weighted by molar-refractivity contribution is 7.92. The highest BCUT2D eigenvalue weighted by Crippen LogP contribution is 2.28. The molecule has 2 aliphatic rings. The first-order valence-corrected chi connectivity index (χ1v) is 12.4. The highest BCUT2D eigenvalue weighted by atomic mass is 32.2. The number of hydrogen-bond donors (Lipinski definition) is 1. The third kappa shape index (κ3) is 5.01. The molecule has 2 heterocycles. The van der Waals surface area contributed by atoms with Gasteiger partial charge in [0.05, 0.1) is 10.1 Å². The zero-order chi connectivity index (χ0) is 21.6. The van der Waals surface area contributed by atoms with E-state index in [1.54, 1.807) is 41.6 Å². The first kappa shape index (κ1) is 22.3. The van der Waals surface area contributed by atoms with E-state index in [-0.39, 0.29) is 11.3 Å². The molecular formula is C23H31N3O3S. The molecule has 7 heteroatoms. The summed E-state index contributed by atoms with van der Waals surface area (Å²) in [6, 6.07) is 8.73. The van der Waals surface area contributed by atoms with Crippen molar-refractivity contribution in [2.45, 2.75) is 75.7 Å². The summed E-state index contributed by atoms with van der Waals surface area (Å²) in [5.74, 6) is 0. The Morgan fingerprint density at radius 3 is 2.37 bits per heavy atom. The van der Waals surface area contributed by atoms with Crippen molar-refractivity contribution in [3.63, 3.8) is 0 Å². The normalized spacial score (nSPS) is 16.4. The molecule has 0 saturated heterocycles. The lowest BCUT2D eigenvalue weighted by atomic mass is 10.0. The fraction of sp³-hybridized carbons (Fsp3) is 0.478. The zero-order valence-corrected chi connectivity index (χ0v) is 18.6. The number of rotatable bonds is 4. The molecular weight excluding hydrogens is 398 g/mol. The molecule has 1 aliphatic carbocycles. The molecule has 1 aromatic heterocycles. The maximum atomic E-state index is 12.8. The Morgan fingerprint density at radius 2 is 1.70 bits per heavy atom. The summed E-state index contributed by atoms with van der Waals surface area (Å²) in [6.07, 6.45) is 8.16. The molecule has 0 spiro atoms. The van der Waals surface area contributed by atoms with E-state index >= 15 is 0 Å². The van der Waals surface area contributed by atoms with Crippen LogP contribution in [0.5, 0.6) is 0 Å². The number of nitrogens with one attached hydrogen (secondary N) is 1. The van der Waals surface area contributed by atoms with Gasteiger partial charge in [0.2, 0.25) is 0 Å². The second-order valence-corrected chi connectivity index (χ2v) is 9.84. The van der Waals surface area contributed by atoms with Gasteiger partial charge in [0.15, 0.2) is 9.84 Å². The van der Waals surface area contributed by atoms with Crippen molar-refractivity contribution in [2.24, 2.45) is 0 Å². The molecule has 162 valence electrons. The molecule has 6 nitrogen and oxygen atoms in total. The fourth-order valence-electron chi connectivity index (χ4n) is 4.02. The average Bonchev–Trinajstić information content (AvgIpc) is 3.24. The molecule has 0 bridgehead atoms. The maximum Gasteiger partial charge on any atom is 0.318 e. The minimum Gasteiger partial charge on any atom is -0.334 e. The van der Waals surface area contributed by atoms with Crippen LogP contribution < -0.4 is 5.32 Å². The number of carbonyl (C=O) groups excluding carboxylic acids is 1. The second kappa shape index (κ2) is 10.1. The van der Waals surface area contributed by atoms with E-state index in [0.717, 1.165) is 48.8 Å². The van der Waals surface area contributed by atoms with Crippen LogP contribution in [-0.2, 0) is 29.5 Å².